The Morgan fingerprint density at radius 3 is 2.58 bits per heavy atom. The summed E-state index contributed by atoms with van der Waals surface area (Å²) in [6.45, 7) is 3.92. The zero-order chi connectivity index (χ0) is 14.0. The second kappa shape index (κ2) is 5.56. The molecule has 2 heterocycles. The van der Waals surface area contributed by atoms with Gasteiger partial charge in [-0.05, 0) is 39.4 Å². The third kappa shape index (κ3) is 2.86. The number of rotatable bonds is 4. The standard InChI is InChI=1S/C12H21N5O2/c1-4-10-11(17(18)19)12(16(3)14-10)13-9-5-7-15(2)8-6-9/h9,13H,4-8H2,1-3H3. The van der Waals surface area contributed by atoms with Crippen LogP contribution in [-0.4, -0.2) is 45.8 Å². The number of nitro groups is 1. The average Bonchev–Trinajstić information content (AvgIpc) is 2.69. The molecule has 7 heteroatoms. The molecule has 7 nitrogen and oxygen atoms in total. The summed E-state index contributed by atoms with van der Waals surface area (Å²) in [5, 5.41) is 18.8. The highest BCUT2D eigenvalue weighted by Gasteiger charge is 2.28. The molecule has 1 aliphatic heterocycles. The molecule has 0 unspecified atom stereocenters. The van der Waals surface area contributed by atoms with Crippen LogP contribution in [0.15, 0.2) is 0 Å². The monoisotopic (exact) mass is 267 g/mol. The summed E-state index contributed by atoms with van der Waals surface area (Å²) in [5.74, 6) is 0.538. The molecule has 0 aromatic carbocycles. The Morgan fingerprint density at radius 2 is 2.05 bits per heavy atom. The summed E-state index contributed by atoms with van der Waals surface area (Å²) < 4.78 is 1.59. The highest BCUT2D eigenvalue weighted by molar-refractivity contribution is 5.60. The fourth-order valence-corrected chi connectivity index (χ4v) is 2.51. The Bertz CT molecular complexity index is 463. The minimum absolute atomic E-state index is 0.129. The lowest BCUT2D eigenvalue weighted by molar-refractivity contribution is -0.384. The van der Waals surface area contributed by atoms with E-state index < -0.39 is 0 Å². The van der Waals surface area contributed by atoms with Crippen LogP contribution in [0.25, 0.3) is 0 Å². The van der Waals surface area contributed by atoms with Crippen molar-refractivity contribution in [3.63, 3.8) is 0 Å². The predicted octanol–water partition coefficient (Wildman–Crippen LogP) is 1.40. The topological polar surface area (TPSA) is 76.2 Å². The normalized spacial score (nSPS) is 17.6. The number of nitrogens with one attached hydrogen (secondary N) is 1. The molecule has 1 aliphatic rings. The van der Waals surface area contributed by atoms with Crippen molar-refractivity contribution in [1.29, 1.82) is 0 Å². The molecule has 0 saturated carbocycles. The van der Waals surface area contributed by atoms with E-state index >= 15 is 0 Å². The molecule has 19 heavy (non-hydrogen) atoms. The number of anilines is 1. The van der Waals surface area contributed by atoms with E-state index in [1.54, 1.807) is 11.7 Å². The number of piperidine rings is 1. The number of nitrogens with zero attached hydrogens (tertiary/aromatic N) is 4. The van der Waals surface area contributed by atoms with Crippen LogP contribution in [0.2, 0.25) is 0 Å². The van der Waals surface area contributed by atoms with Gasteiger partial charge in [-0.2, -0.15) is 5.10 Å². The molecule has 1 aromatic rings. The molecule has 1 aromatic heterocycles. The van der Waals surface area contributed by atoms with Gasteiger partial charge in [0.05, 0.1) is 4.92 Å². The van der Waals surface area contributed by atoms with Gasteiger partial charge in [-0.1, -0.05) is 6.92 Å². The Morgan fingerprint density at radius 1 is 1.42 bits per heavy atom. The lowest BCUT2D eigenvalue weighted by atomic mass is 10.1. The van der Waals surface area contributed by atoms with Crippen molar-refractivity contribution in [3.05, 3.63) is 15.8 Å². The lowest BCUT2D eigenvalue weighted by Gasteiger charge is -2.29. The van der Waals surface area contributed by atoms with Crippen molar-refractivity contribution >= 4 is 11.5 Å². The smallest absolute Gasteiger partial charge is 0.333 e. The van der Waals surface area contributed by atoms with Gasteiger partial charge in [-0.25, -0.2) is 4.68 Å². The minimum atomic E-state index is -0.330. The van der Waals surface area contributed by atoms with Crippen LogP contribution < -0.4 is 5.32 Å². The zero-order valence-electron chi connectivity index (χ0n) is 11.7. The maximum Gasteiger partial charge on any atom is 0.333 e. The molecule has 106 valence electrons. The van der Waals surface area contributed by atoms with Crippen LogP contribution in [0.1, 0.15) is 25.5 Å². The van der Waals surface area contributed by atoms with E-state index in [2.05, 4.69) is 22.4 Å². The van der Waals surface area contributed by atoms with Crippen molar-refractivity contribution in [2.24, 2.45) is 7.05 Å². The van der Waals surface area contributed by atoms with Crippen LogP contribution >= 0.6 is 0 Å². The number of likely N-dealkylation sites (tertiary alicyclic amines) is 1. The van der Waals surface area contributed by atoms with Gasteiger partial charge in [0.25, 0.3) is 0 Å². The summed E-state index contributed by atoms with van der Waals surface area (Å²) in [5.41, 5.74) is 0.673. The average molecular weight is 267 g/mol. The second-order valence-electron chi connectivity index (χ2n) is 5.10. The summed E-state index contributed by atoms with van der Waals surface area (Å²) in [4.78, 5) is 13.2. The van der Waals surface area contributed by atoms with Crippen LogP contribution in [0.3, 0.4) is 0 Å². The molecule has 2 rings (SSSR count). The molecular weight excluding hydrogens is 246 g/mol. The van der Waals surface area contributed by atoms with Crippen LogP contribution in [0.4, 0.5) is 11.5 Å². The molecule has 1 saturated heterocycles. The Balaban J connectivity index is 2.19. The van der Waals surface area contributed by atoms with Crippen molar-refractivity contribution in [1.82, 2.24) is 14.7 Å². The van der Waals surface area contributed by atoms with E-state index in [-0.39, 0.29) is 16.7 Å². The maximum atomic E-state index is 11.2. The molecule has 0 spiro atoms. The molecule has 0 aliphatic carbocycles. The van der Waals surface area contributed by atoms with Gasteiger partial charge in [-0.3, -0.25) is 10.1 Å². The maximum absolute atomic E-state index is 11.2. The van der Waals surface area contributed by atoms with E-state index in [9.17, 15) is 10.1 Å². The number of hydrogen-bond acceptors (Lipinski definition) is 5. The largest absolute Gasteiger partial charge is 0.362 e. The number of aromatic nitrogens is 2. The molecule has 0 bridgehead atoms. The van der Waals surface area contributed by atoms with Gasteiger partial charge in [0.1, 0.15) is 5.69 Å². The summed E-state index contributed by atoms with van der Waals surface area (Å²) in [6.07, 6.45) is 2.57. The van der Waals surface area contributed by atoms with Crippen LogP contribution in [-0.2, 0) is 13.5 Å². The molecule has 1 N–H and O–H groups in total. The lowest BCUT2D eigenvalue weighted by Crippen LogP contribution is -2.37. The van der Waals surface area contributed by atoms with E-state index in [4.69, 9.17) is 0 Å². The highest BCUT2D eigenvalue weighted by Crippen LogP contribution is 2.30. The first kappa shape index (κ1) is 13.8. The first-order chi connectivity index (χ1) is 9.02. The summed E-state index contributed by atoms with van der Waals surface area (Å²) in [7, 11) is 3.85. The zero-order valence-corrected chi connectivity index (χ0v) is 11.7. The Hall–Kier alpha value is -1.63. The van der Waals surface area contributed by atoms with Gasteiger partial charge >= 0.3 is 5.69 Å². The summed E-state index contributed by atoms with van der Waals surface area (Å²) >= 11 is 0. The second-order valence-corrected chi connectivity index (χ2v) is 5.10. The third-order valence-corrected chi connectivity index (χ3v) is 3.67. The van der Waals surface area contributed by atoms with Crippen LogP contribution in [0.5, 0.6) is 0 Å². The summed E-state index contributed by atoms with van der Waals surface area (Å²) in [6, 6.07) is 0.287. The van der Waals surface area contributed by atoms with Gasteiger partial charge < -0.3 is 10.2 Å². The van der Waals surface area contributed by atoms with E-state index in [1.165, 1.54) is 0 Å². The Kier molecular flexibility index (Phi) is 4.04. The predicted molar refractivity (Wildman–Crippen MR) is 73.4 cm³/mol. The number of hydrogen-bond donors (Lipinski definition) is 1. The van der Waals surface area contributed by atoms with Crippen molar-refractivity contribution in [2.75, 3.05) is 25.5 Å². The Labute approximate surface area is 112 Å². The van der Waals surface area contributed by atoms with Crippen molar-refractivity contribution in [3.8, 4) is 0 Å². The van der Waals surface area contributed by atoms with E-state index in [0.717, 1.165) is 25.9 Å². The highest BCUT2D eigenvalue weighted by atomic mass is 16.6. The molecule has 0 radical (unpaired) electrons. The fourth-order valence-electron chi connectivity index (χ4n) is 2.51. The van der Waals surface area contributed by atoms with Gasteiger partial charge in [0.2, 0.25) is 5.82 Å². The van der Waals surface area contributed by atoms with Crippen molar-refractivity contribution < 1.29 is 4.92 Å². The van der Waals surface area contributed by atoms with Gasteiger partial charge in [0, 0.05) is 13.1 Å². The minimum Gasteiger partial charge on any atom is -0.362 e. The fraction of sp³-hybridized carbons (Fsp3) is 0.750. The van der Waals surface area contributed by atoms with E-state index in [1.807, 2.05) is 6.92 Å². The SMILES string of the molecule is CCc1nn(C)c(NC2CCN(C)CC2)c1[N+](=O)[O-]. The molecule has 0 atom stereocenters. The first-order valence-corrected chi connectivity index (χ1v) is 6.68. The van der Waals surface area contributed by atoms with E-state index in [0.29, 0.717) is 17.9 Å². The molecular formula is C12H21N5O2. The van der Waals surface area contributed by atoms with Crippen LogP contribution in [0, 0.1) is 10.1 Å². The molecule has 0 amide bonds. The number of aryl methyl sites for hydroxylation is 2. The first-order valence-electron chi connectivity index (χ1n) is 6.68. The van der Waals surface area contributed by atoms with Crippen molar-refractivity contribution in [2.45, 2.75) is 32.2 Å². The van der Waals surface area contributed by atoms with Gasteiger partial charge in [-0.15, -0.1) is 0 Å². The quantitative estimate of drug-likeness (QED) is 0.659. The molecule has 1 fully saturated rings. The van der Waals surface area contributed by atoms with Gasteiger partial charge in [0.15, 0.2) is 0 Å². The third-order valence-electron chi connectivity index (χ3n) is 3.67.